The molecule has 1 aromatic heterocycles. The van der Waals surface area contributed by atoms with Gasteiger partial charge in [0, 0.05) is 52.0 Å². The molecule has 1 atom stereocenters. The number of nitrogens with one attached hydrogen (secondary N) is 1. The lowest BCUT2D eigenvalue weighted by molar-refractivity contribution is -0.119. The summed E-state index contributed by atoms with van der Waals surface area (Å²) in [4.78, 5) is 24.5. The van der Waals surface area contributed by atoms with Crippen molar-refractivity contribution in [1.82, 2.24) is 20.2 Å². The number of hydrogen-bond donors (Lipinski definition) is 1. The zero-order chi connectivity index (χ0) is 17.6. The van der Waals surface area contributed by atoms with Crippen LogP contribution in [0.5, 0.6) is 0 Å². The van der Waals surface area contributed by atoms with Crippen molar-refractivity contribution in [3.63, 3.8) is 0 Å². The molecule has 3 rings (SSSR count). The molecule has 132 valence electrons. The van der Waals surface area contributed by atoms with Gasteiger partial charge in [-0.05, 0) is 24.1 Å². The van der Waals surface area contributed by atoms with E-state index in [4.69, 9.17) is 0 Å². The number of hydrogen-bond acceptors (Lipinski definition) is 5. The van der Waals surface area contributed by atoms with Crippen molar-refractivity contribution in [2.24, 2.45) is 0 Å². The Hall–Kier alpha value is -2.47. The molecule has 2 heterocycles. The molecule has 0 radical (unpaired) electrons. The van der Waals surface area contributed by atoms with Crippen molar-refractivity contribution in [3.05, 3.63) is 53.9 Å². The third-order valence-electron chi connectivity index (χ3n) is 4.51. The molecule has 0 aliphatic carbocycles. The van der Waals surface area contributed by atoms with Crippen molar-refractivity contribution in [1.29, 1.82) is 0 Å². The summed E-state index contributed by atoms with van der Waals surface area (Å²) in [6.07, 6.45) is 3.58. The number of benzene rings is 1. The molecule has 0 spiro atoms. The third-order valence-corrected chi connectivity index (χ3v) is 4.51. The zero-order valence-electron chi connectivity index (χ0n) is 14.9. The first-order valence-corrected chi connectivity index (χ1v) is 8.72. The minimum absolute atomic E-state index is 0.00292. The summed E-state index contributed by atoms with van der Waals surface area (Å²) in [6.45, 7) is 8.39. The molecule has 1 aliphatic rings. The molecule has 0 saturated carbocycles. The molecule has 0 bridgehead atoms. The van der Waals surface area contributed by atoms with Crippen molar-refractivity contribution < 1.29 is 4.79 Å². The van der Waals surface area contributed by atoms with Gasteiger partial charge in [0.1, 0.15) is 0 Å². The van der Waals surface area contributed by atoms with E-state index >= 15 is 0 Å². The van der Waals surface area contributed by atoms with Gasteiger partial charge < -0.3 is 10.2 Å². The molecule has 25 heavy (non-hydrogen) atoms. The van der Waals surface area contributed by atoms with Gasteiger partial charge in [0.2, 0.25) is 11.9 Å². The van der Waals surface area contributed by atoms with E-state index in [1.807, 2.05) is 13.0 Å². The number of rotatable bonds is 5. The molecule has 1 aliphatic heterocycles. The maximum Gasteiger partial charge on any atom is 0.225 e. The van der Waals surface area contributed by atoms with Gasteiger partial charge >= 0.3 is 0 Å². The van der Waals surface area contributed by atoms with Crippen molar-refractivity contribution in [2.75, 3.05) is 31.1 Å². The van der Waals surface area contributed by atoms with Crippen LogP contribution in [0.2, 0.25) is 0 Å². The average Bonchev–Trinajstić information content (AvgIpc) is 2.63. The van der Waals surface area contributed by atoms with E-state index in [9.17, 15) is 4.79 Å². The number of carbonyl (C=O) groups excluding carboxylic acids is 1. The van der Waals surface area contributed by atoms with E-state index in [-0.39, 0.29) is 11.9 Å². The van der Waals surface area contributed by atoms with E-state index < -0.39 is 0 Å². The normalized spacial score (nSPS) is 16.5. The Kier molecular flexibility index (Phi) is 5.60. The van der Waals surface area contributed by atoms with Gasteiger partial charge in [-0.3, -0.25) is 9.69 Å². The van der Waals surface area contributed by atoms with Crippen LogP contribution in [-0.2, 0) is 11.3 Å². The van der Waals surface area contributed by atoms with Gasteiger partial charge in [0.05, 0.1) is 6.04 Å². The predicted octanol–water partition coefficient (Wildman–Crippen LogP) is 2.00. The summed E-state index contributed by atoms with van der Waals surface area (Å²) >= 11 is 0. The second-order valence-corrected chi connectivity index (χ2v) is 6.48. The molecule has 1 amide bonds. The van der Waals surface area contributed by atoms with Gasteiger partial charge in [-0.25, -0.2) is 9.97 Å². The van der Waals surface area contributed by atoms with Gasteiger partial charge in [-0.15, -0.1) is 0 Å². The fourth-order valence-electron chi connectivity index (χ4n) is 3.12. The van der Waals surface area contributed by atoms with Crippen LogP contribution in [-0.4, -0.2) is 47.0 Å². The maximum absolute atomic E-state index is 11.2. The molecular formula is C19H25N5O. The Morgan fingerprint density at radius 1 is 1.12 bits per heavy atom. The fourth-order valence-corrected chi connectivity index (χ4v) is 3.12. The summed E-state index contributed by atoms with van der Waals surface area (Å²) in [5.41, 5.74) is 2.42. The van der Waals surface area contributed by atoms with Gasteiger partial charge in [-0.1, -0.05) is 24.3 Å². The number of amides is 1. The second-order valence-electron chi connectivity index (χ2n) is 6.48. The van der Waals surface area contributed by atoms with Crippen LogP contribution < -0.4 is 10.2 Å². The summed E-state index contributed by atoms with van der Waals surface area (Å²) in [5.74, 6) is 0.815. The third kappa shape index (κ3) is 4.76. The predicted molar refractivity (Wildman–Crippen MR) is 98.2 cm³/mol. The van der Waals surface area contributed by atoms with Crippen LogP contribution in [0.1, 0.15) is 31.0 Å². The molecule has 1 aromatic carbocycles. The van der Waals surface area contributed by atoms with Crippen molar-refractivity contribution in [2.45, 2.75) is 26.4 Å². The SMILES string of the molecule is CC(=O)NC(C)c1ccc(CN2CCN(c3ncccn3)CC2)cc1. The van der Waals surface area contributed by atoms with Crippen molar-refractivity contribution >= 4 is 11.9 Å². The number of anilines is 1. The van der Waals surface area contributed by atoms with Crippen LogP contribution in [0.4, 0.5) is 5.95 Å². The van der Waals surface area contributed by atoms with Crippen LogP contribution in [0.15, 0.2) is 42.7 Å². The minimum Gasteiger partial charge on any atom is -0.350 e. The Balaban J connectivity index is 1.51. The molecule has 1 saturated heterocycles. The Bertz CT molecular complexity index is 681. The van der Waals surface area contributed by atoms with Gasteiger partial charge in [0.25, 0.3) is 0 Å². The average molecular weight is 339 g/mol. The van der Waals surface area contributed by atoms with E-state index in [1.165, 1.54) is 5.56 Å². The lowest BCUT2D eigenvalue weighted by atomic mass is 10.1. The van der Waals surface area contributed by atoms with Gasteiger partial charge in [-0.2, -0.15) is 0 Å². The Morgan fingerprint density at radius 3 is 2.36 bits per heavy atom. The highest BCUT2D eigenvalue weighted by Gasteiger charge is 2.18. The number of carbonyl (C=O) groups is 1. The minimum atomic E-state index is -0.00292. The summed E-state index contributed by atoms with van der Waals surface area (Å²) in [5, 5.41) is 2.91. The number of piperazine rings is 1. The zero-order valence-corrected chi connectivity index (χ0v) is 14.9. The van der Waals surface area contributed by atoms with E-state index in [0.717, 1.165) is 44.2 Å². The first kappa shape index (κ1) is 17.4. The summed E-state index contributed by atoms with van der Waals surface area (Å²) in [7, 11) is 0. The van der Waals surface area contributed by atoms with Crippen LogP contribution in [0.25, 0.3) is 0 Å². The largest absolute Gasteiger partial charge is 0.350 e. The van der Waals surface area contributed by atoms with Crippen LogP contribution >= 0.6 is 0 Å². The van der Waals surface area contributed by atoms with E-state index in [2.05, 4.69) is 49.4 Å². The topological polar surface area (TPSA) is 61.4 Å². The highest BCUT2D eigenvalue weighted by atomic mass is 16.1. The Morgan fingerprint density at radius 2 is 1.76 bits per heavy atom. The maximum atomic E-state index is 11.2. The molecule has 1 fully saturated rings. The fraction of sp³-hybridized carbons (Fsp3) is 0.421. The van der Waals surface area contributed by atoms with Crippen molar-refractivity contribution in [3.8, 4) is 0 Å². The number of nitrogens with zero attached hydrogens (tertiary/aromatic N) is 4. The monoisotopic (exact) mass is 339 g/mol. The first-order valence-electron chi connectivity index (χ1n) is 8.72. The number of aromatic nitrogens is 2. The summed E-state index contributed by atoms with van der Waals surface area (Å²) in [6, 6.07) is 10.4. The standard InChI is InChI=1S/C19H25N5O/c1-15(22-16(2)25)18-6-4-17(5-7-18)14-23-10-12-24(13-11-23)19-20-8-3-9-21-19/h3-9,15H,10-14H2,1-2H3,(H,22,25). The quantitative estimate of drug-likeness (QED) is 0.903. The Labute approximate surface area is 148 Å². The smallest absolute Gasteiger partial charge is 0.225 e. The molecule has 1 unspecified atom stereocenters. The molecule has 2 aromatic rings. The summed E-state index contributed by atoms with van der Waals surface area (Å²) < 4.78 is 0. The van der Waals surface area contributed by atoms with E-state index in [1.54, 1.807) is 19.3 Å². The molecule has 6 nitrogen and oxygen atoms in total. The van der Waals surface area contributed by atoms with Crippen LogP contribution in [0.3, 0.4) is 0 Å². The first-order chi connectivity index (χ1) is 12.1. The highest BCUT2D eigenvalue weighted by molar-refractivity contribution is 5.73. The lowest BCUT2D eigenvalue weighted by Gasteiger charge is -2.34. The molecule has 1 N–H and O–H groups in total. The second kappa shape index (κ2) is 8.07. The highest BCUT2D eigenvalue weighted by Crippen LogP contribution is 2.16. The molecular weight excluding hydrogens is 314 g/mol. The van der Waals surface area contributed by atoms with Gasteiger partial charge in [0.15, 0.2) is 0 Å². The lowest BCUT2D eigenvalue weighted by Crippen LogP contribution is -2.46. The molecule has 6 heteroatoms. The van der Waals surface area contributed by atoms with E-state index in [0.29, 0.717) is 0 Å². The van der Waals surface area contributed by atoms with Crippen LogP contribution in [0, 0.1) is 0 Å².